The highest BCUT2D eigenvalue weighted by Crippen LogP contribution is 2.41. The third kappa shape index (κ3) is 2.37. The SMILES string of the molecule is CC1(C)Cc2c(ccn2-c2cccc(Br)c2)C(O)C1. The van der Waals surface area contributed by atoms with Gasteiger partial charge in [-0.15, -0.1) is 0 Å². The topological polar surface area (TPSA) is 25.2 Å². The van der Waals surface area contributed by atoms with Crippen LogP contribution < -0.4 is 0 Å². The molecule has 1 N–H and O–H groups in total. The molecule has 1 aliphatic carbocycles. The molecule has 100 valence electrons. The third-order valence-electron chi connectivity index (χ3n) is 3.86. The van der Waals surface area contributed by atoms with Gasteiger partial charge in [0, 0.05) is 27.6 Å². The fourth-order valence-electron chi connectivity index (χ4n) is 3.00. The third-order valence-corrected chi connectivity index (χ3v) is 4.36. The second-order valence-corrected chi connectivity index (χ2v) is 7.04. The minimum absolute atomic E-state index is 0.147. The fourth-order valence-corrected chi connectivity index (χ4v) is 3.38. The van der Waals surface area contributed by atoms with E-state index >= 15 is 0 Å². The van der Waals surface area contributed by atoms with Crippen molar-refractivity contribution in [1.29, 1.82) is 0 Å². The Balaban J connectivity index is 2.11. The number of aliphatic hydroxyl groups is 1. The van der Waals surface area contributed by atoms with E-state index in [1.165, 1.54) is 5.69 Å². The molecule has 1 aromatic heterocycles. The Hall–Kier alpha value is -1.06. The van der Waals surface area contributed by atoms with Crippen molar-refractivity contribution in [2.24, 2.45) is 5.41 Å². The Morgan fingerprint density at radius 3 is 2.84 bits per heavy atom. The molecule has 0 radical (unpaired) electrons. The van der Waals surface area contributed by atoms with Crippen LogP contribution in [0.1, 0.15) is 37.6 Å². The number of hydrogen-bond donors (Lipinski definition) is 1. The Kier molecular flexibility index (Phi) is 3.06. The van der Waals surface area contributed by atoms with Crippen molar-refractivity contribution in [3.63, 3.8) is 0 Å². The van der Waals surface area contributed by atoms with Crippen molar-refractivity contribution in [2.75, 3.05) is 0 Å². The highest BCUT2D eigenvalue weighted by molar-refractivity contribution is 9.10. The Bertz CT molecular complexity index is 615. The molecule has 0 aliphatic heterocycles. The number of hydrogen-bond acceptors (Lipinski definition) is 1. The predicted octanol–water partition coefficient (Wildman–Crippen LogP) is 4.25. The molecule has 1 aliphatic rings. The molecule has 0 amide bonds. The predicted molar refractivity (Wildman–Crippen MR) is 80.5 cm³/mol. The zero-order valence-corrected chi connectivity index (χ0v) is 12.8. The van der Waals surface area contributed by atoms with Gasteiger partial charge in [-0.1, -0.05) is 35.8 Å². The van der Waals surface area contributed by atoms with E-state index < -0.39 is 0 Å². The van der Waals surface area contributed by atoms with Crippen LogP contribution in [0.5, 0.6) is 0 Å². The van der Waals surface area contributed by atoms with E-state index in [4.69, 9.17) is 0 Å². The molecule has 1 unspecified atom stereocenters. The number of aromatic nitrogens is 1. The van der Waals surface area contributed by atoms with Crippen LogP contribution in [0.15, 0.2) is 41.0 Å². The summed E-state index contributed by atoms with van der Waals surface area (Å²) in [7, 11) is 0. The van der Waals surface area contributed by atoms with Crippen LogP contribution in [0.3, 0.4) is 0 Å². The molecule has 1 atom stereocenters. The molecule has 0 saturated heterocycles. The lowest BCUT2D eigenvalue weighted by Gasteiger charge is -2.34. The first-order chi connectivity index (χ1) is 8.96. The highest BCUT2D eigenvalue weighted by Gasteiger charge is 2.33. The van der Waals surface area contributed by atoms with Crippen molar-refractivity contribution < 1.29 is 5.11 Å². The zero-order valence-electron chi connectivity index (χ0n) is 11.2. The van der Waals surface area contributed by atoms with Gasteiger partial charge in [0.15, 0.2) is 0 Å². The molecule has 0 saturated carbocycles. The molecule has 1 aromatic carbocycles. The summed E-state index contributed by atoms with van der Waals surface area (Å²) in [4.78, 5) is 0. The van der Waals surface area contributed by atoms with Gasteiger partial charge in [-0.2, -0.15) is 0 Å². The van der Waals surface area contributed by atoms with E-state index in [9.17, 15) is 5.11 Å². The Labute approximate surface area is 122 Å². The molecule has 0 bridgehead atoms. The summed E-state index contributed by atoms with van der Waals surface area (Å²) < 4.78 is 3.27. The molecule has 3 rings (SSSR count). The Morgan fingerprint density at radius 1 is 1.32 bits per heavy atom. The molecule has 0 spiro atoms. The fraction of sp³-hybridized carbons (Fsp3) is 0.375. The van der Waals surface area contributed by atoms with Gasteiger partial charge >= 0.3 is 0 Å². The van der Waals surface area contributed by atoms with Gasteiger partial charge < -0.3 is 9.67 Å². The minimum Gasteiger partial charge on any atom is -0.388 e. The number of fused-ring (bicyclic) bond motifs is 1. The number of rotatable bonds is 1. The lowest BCUT2D eigenvalue weighted by Crippen LogP contribution is -2.26. The second kappa shape index (κ2) is 4.50. The lowest BCUT2D eigenvalue weighted by atomic mass is 9.75. The quantitative estimate of drug-likeness (QED) is 0.835. The van der Waals surface area contributed by atoms with Crippen molar-refractivity contribution in [3.8, 4) is 5.69 Å². The van der Waals surface area contributed by atoms with E-state index in [2.05, 4.69) is 58.7 Å². The molecule has 3 heteroatoms. The highest BCUT2D eigenvalue weighted by atomic mass is 79.9. The van der Waals surface area contributed by atoms with Crippen LogP contribution in [0, 0.1) is 5.41 Å². The number of aliphatic hydroxyl groups excluding tert-OH is 1. The zero-order chi connectivity index (χ0) is 13.6. The monoisotopic (exact) mass is 319 g/mol. The second-order valence-electron chi connectivity index (χ2n) is 6.13. The van der Waals surface area contributed by atoms with Crippen molar-refractivity contribution in [2.45, 2.75) is 32.8 Å². The van der Waals surface area contributed by atoms with Crippen molar-refractivity contribution >= 4 is 15.9 Å². The number of benzene rings is 1. The largest absolute Gasteiger partial charge is 0.388 e. The molecular weight excluding hydrogens is 302 g/mol. The standard InChI is InChI=1S/C16H18BrNO/c1-16(2)9-14-13(15(19)10-16)6-7-18(14)12-5-3-4-11(17)8-12/h3-8,15,19H,9-10H2,1-2H3. The summed E-state index contributed by atoms with van der Waals surface area (Å²) in [5, 5.41) is 10.3. The van der Waals surface area contributed by atoms with Gasteiger partial charge in [-0.05, 0) is 42.5 Å². The first-order valence-electron chi connectivity index (χ1n) is 6.60. The van der Waals surface area contributed by atoms with Gasteiger partial charge in [0.25, 0.3) is 0 Å². The van der Waals surface area contributed by atoms with Crippen LogP contribution in [0.4, 0.5) is 0 Å². The van der Waals surface area contributed by atoms with Crippen molar-refractivity contribution in [1.82, 2.24) is 4.57 Å². The maximum atomic E-state index is 10.3. The average Bonchev–Trinajstić information content (AvgIpc) is 2.71. The number of nitrogens with zero attached hydrogens (tertiary/aromatic N) is 1. The van der Waals surface area contributed by atoms with E-state index in [0.29, 0.717) is 0 Å². The Morgan fingerprint density at radius 2 is 2.11 bits per heavy atom. The minimum atomic E-state index is -0.341. The smallest absolute Gasteiger partial charge is 0.0812 e. The summed E-state index contributed by atoms with van der Waals surface area (Å²) in [6.45, 7) is 4.44. The summed E-state index contributed by atoms with van der Waals surface area (Å²) in [5.74, 6) is 0. The summed E-state index contributed by atoms with van der Waals surface area (Å²) in [6.07, 6.45) is 3.56. The summed E-state index contributed by atoms with van der Waals surface area (Å²) in [6, 6.07) is 10.3. The van der Waals surface area contributed by atoms with Crippen LogP contribution in [-0.4, -0.2) is 9.67 Å². The lowest BCUT2D eigenvalue weighted by molar-refractivity contribution is 0.0987. The average molecular weight is 320 g/mol. The molecule has 19 heavy (non-hydrogen) atoms. The maximum absolute atomic E-state index is 10.3. The van der Waals surface area contributed by atoms with Gasteiger partial charge in [0.2, 0.25) is 0 Å². The van der Waals surface area contributed by atoms with Gasteiger partial charge in [0.05, 0.1) is 6.10 Å². The van der Waals surface area contributed by atoms with Gasteiger partial charge in [-0.3, -0.25) is 0 Å². The van der Waals surface area contributed by atoms with Gasteiger partial charge in [-0.25, -0.2) is 0 Å². The van der Waals surface area contributed by atoms with E-state index in [-0.39, 0.29) is 11.5 Å². The molecular formula is C16H18BrNO. The number of halogens is 1. The summed E-state index contributed by atoms with van der Waals surface area (Å²) in [5.41, 5.74) is 3.61. The maximum Gasteiger partial charge on any atom is 0.0812 e. The molecule has 2 aromatic rings. The van der Waals surface area contributed by atoms with Gasteiger partial charge in [0.1, 0.15) is 0 Å². The normalized spacial score (nSPS) is 21.2. The van der Waals surface area contributed by atoms with E-state index in [1.807, 2.05) is 12.1 Å². The van der Waals surface area contributed by atoms with E-state index in [0.717, 1.165) is 28.6 Å². The molecule has 0 fully saturated rings. The van der Waals surface area contributed by atoms with Crippen LogP contribution in [0.25, 0.3) is 5.69 Å². The molecule has 1 heterocycles. The van der Waals surface area contributed by atoms with E-state index in [1.54, 1.807) is 0 Å². The van der Waals surface area contributed by atoms with Crippen LogP contribution in [-0.2, 0) is 6.42 Å². The van der Waals surface area contributed by atoms with Crippen LogP contribution >= 0.6 is 15.9 Å². The van der Waals surface area contributed by atoms with Crippen molar-refractivity contribution in [3.05, 3.63) is 52.3 Å². The molecule has 2 nitrogen and oxygen atoms in total. The van der Waals surface area contributed by atoms with Crippen LogP contribution in [0.2, 0.25) is 0 Å². The first kappa shape index (κ1) is 12.9. The summed E-state index contributed by atoms with van der Waals surface area (Å²) >= 11 is 3.52. The first-order valence-corrected chi connectivity index (χ1v) is 7.40.